The molecule has 3 fully saturated rings. The lowest BCUT2D eigenvalue weighted by molar-refractivity contribution is -0.126. The van der Waals surface area contributed by atoms with E-state index in [1.807, 2.05) is 6.07 Å². The van der Waals surface area contributed by atoms with Crippen molar-refractivity contribution in [2.75, 3.05) is 31.2 Å². The van der Waals surface area contributed by atoms with Crippen molar-refractivity contribution in [3.63, 3.8) is 0 Å². The molecule has 0 unspecified atom stereocenters. The van der Waals surface area contributed by atoms with Crippen LogP contribution in [0, 0.1) is 16.7 Å². The fourth-order valence-electron chi connectivity index (χ4n) is 4.24. The molecular formula is C19H17F2N7O3S2. The Morgan fingerprint density at radius 1 is 1.24 bits per heavy atom. The summed E-state index contributed by atoms with van der Waals surface area (Å²) in [7, 11) is -4.02. The summed E-state index contributed by atoms with van der Waals surface area (Å²) in [6.45, 7) is 2.75. The van der Waals surface area contributed by atoms with Gasteiger partial charge in [-0.1, -0.05) is 11.3 Å². The van der Waals surface area contributed by atoms with Gasteiger partial charge in [0, 0.05) is 24.2 Å². The Balaban J connectivity index is 1.47. The van der Waals surface area contributed by atoms with E-state index in [1.165, 1.54) is 10.7 Å². The maximum atomic E-state index is 13.2. The van der Waals surface area contributed by atoms with Crippen LogP contribution in [-0.4, -0.2) is 60.2 Å². The van der Waals surface area contributed by atoms with Crippen LogP contribution in [0.5, 0.6) is 0 Å². The van der Waals surface area contributed by atoms with Crippen LogP contribution in [0.15, 0.2) is 23.2 Å². The Bertz CT molecular complexity index is 1410. The highest BCUT2D eigenvalue weighted by molar-refractivity contribution is 7.89. The summed E-state index contributed by atoms with van der Waals surface area (Å²) in [6, 6.07) is 5.02. The zero-order valence-corrected chi connectivity index (χ0v) is 18.7. The highest BCUT2D eigenvalue weighted by Crippen LogP contribution is 2.44. The number of fused-ring (bicyclic) bond motifs is 1. The van der Waals surface area contributed by atoms with Crippen molar-refractivity contribution >= 4 is 38.0 Å². The van der Waals surface area contributed by atoms with Crippen LogP contribution in [0.4, 0.5) is 14.5 Å². The standard InChI is InChI=1S/C19H17F2N7O3S2/c20-15(21)16-24-25-17(32-16)28-14-4-11(33(29,30)26-19(6-22)1-2-19)3-13(12(14)5-23-28)27-7-18(8-27)9-31-10-18/h3-5,15,26H,1-2,7-10H2. The number of benzene rings is 1. The van der Waals surface area contributed by atoms with Crippen molar-refractivity contribution in [3.8, 4) is 11.2 Å². The predicted molar refractivity (Wildman–Crippen MR) is 113 cm³/mol. The Morgan fingerprint density at radius 3 is 2.58 bits per heavy atom. The number of halogens is 2. The van der Waals surface area contributed by atoms with Gasteiger partial charge in [-0.2, -0.15) is 15.1 Å². The van der Waals surface area contributed by atoms with Crippen LogP contribution in [0.3, 0.4) is 0 Å². The first-order valence-electron chi connectivity index (χ1n) is 10.1. The molecule has 2 aromatic heterocycles. The molecule has 2 aliphatic heterocycles. The van der Waals surface area contributed by atoms with Gasteiger partial charge in [0.1, 0.15) is 5.54 Å². The van der Waals surface area contributed by atoms with Gasteiger partial charge in [0.25, 0.3) is 6.43 Å². The van der Waals surface area contributed by atoms with Gasteiger partial charge in [0.15, 0.2) is 5.01 Å². The van der Waals surface area contributed by atoms with Gasteiger partial charge in [0.2, 0.25) is 15.2 Å². The largest absolute Gasteiger partial charge is 0.380 e. The van der Waals surface area contributed by atoms with Gasteiger partial charge < -0.3 is 9.64 Å². The summed E-state index contributed by atoms with van der Waals surface area (Å²) in [6.07, 6.45) is -0.300. The van der Waals surface area contributed by atoms with E-state index in [2.05, 4.69) is 24.9 Å². The summed E-state index contributed by atoms with van der Waals surface area (Å²) in [4.78, 5) is 2.02. The second-order valence-electron chi connectivity index (χ2n) is 8.80. The quantitative estimate of drug-likeness (QED) is 0.553. The van der Waals surface area contributed by atoms with Crippen LogP contribution in [0.2, 0.25) is 0 Å². The molecule has 0 bridgehead atoms. The van der Waals surface area contributed by atoms with E-state index in [4.69, 9.17) is 4.74 Å². The molecule has 1 aliphatic carbocycles. The maximum Gasteiger partial charge on any atom is 0.291 e. The number of hydrogen-bond donors (Lipinski definition) is 1. The number of ether oxygens (including phenoxy) is 1. The number of anilines is 1. The molecule has 0 radical (unpaired) electrons. The number of aromatic nitrogens is 4. The first kappa shape index (κ1) is 20.8. The van der Waals surface area contributed by atoms with Gasteiger partial charge in [-0.05, 0) is 25.0 Å². The number of nitrogens with one attached hydrogen (secondary N) is 1. The predicted octanol–water partition coefficient (Wildman–Crippen LogP) is 1.99. The average Bonchev–Trinajstić information content (AvgIpc) is 3.12. The van der Waals surface area contributed by atoms with E-state index in [-0.39, 0.29) is 15.4 Å². The molecule has 172 valence electrons. The molecule has 1 saturated carbocycles. The van der Waals surface area contributed by atoms with Crippen LogP contribution in [0.25, 0.3) is 16.0 Å². The Morgan fingerprint density at radius 2 is 2.00 bits per heavy atom. The van der Waals surface area contributed by atoms with Gasteiger partial charge in [-0.3, -0.25) is 0 Å². The van der Waals surface area contributed by atoms with Crippen molar-refractivity contribution in [3.05, 3.63) is 23.3 Å². The highest BCUT2D eigenvalue weighted by Gasteiger charge is 2.50. The molecule has 0 amide bonds. The van der Waals surface area contributed by atoms with Crippen LogP contribution < -0.4 is 9.62 Å². The number of nitriles is 1. The van der Waals surface area contributed by atoms with E-state index in [0.29, 0.717) is 67.1 Å². The Labute approximate surface area is 190 Å². The lowest BCUT2D eigenvalue weighted by Crippen LogP contribution is -2.66. The number of hydrogen-bond acceptors (Lipinski definition) is 9. The zero-order valence-electron chi connectivity index (χ0n) is 17.0. The van der Waals surface area contributed by atoms with Gasteiger partial charge in [-0.15, -0.1) is 10.2 Å². The molecule has 2 saturated heterocycles. The second kappa shape index (κ2) is 6.89. The first-order valence-corrected chi connectivity index (χ1v) is 12.4. The lowest BCUT2D eigenvalue weighted by Gasteiger charge is -2.56. The molecule has 33 heavy (non-hydrogen) atoms. The number of sulfonamides is 1. The second-order valence-corrected chi connectivity index (χ2v) is 11.5. The first-order chi connectivity index (χ1) is 15.7. The fourth-order valence-corrected chi connectivity index (χ4v) is 6.32. The summed E-state index contributed by atoms with van der Waals surface area (Å²) < 4.78 is 61.6. The molecule has 14 heteroatoms. The fraction of sp³-hybridized carbons (Fsp3) is 0.474. The van der Waals surface area contributed by atoms with E-state index in [0.717, 1.165) is 0 Å². The normalized spacial score (nSPS) is 20.6. The monoisotopic (exact) mass is 493 g/mol. The number of alkyl halides is 2. The molecule has 1 aromatic carbocycles. The molecule has 3 aliphatic rings. The minimum Gasteiger partial charge on any atom is -0.380 e. The van der Waals surface area contributed by atoms with E-state index in [9.17, 15) is 22.5 Å². The topological polar surface area (TPSA) is 126 Å². The molecular weight excluding hydrogens is 476 g/mol. The third-order valence-electron chi connectivity index (χ3n) is 6.25. The summed E-state index contributed by atoms with van der Waals surface area (Å²) in [5, 5.41) is 21.3. The van der Waals surface area contributed by atoms with Crippen molar-refractivity contribution < 1.29 is 21.9 Å². The van der Waals surface area contributed by atoms with Crippen LogP contribution >= 0.6 is 11.3 Å². The third-order valence-corrected chi connectivity index (χ3v) is 8.67. The van der Waals surface area contributed by atoms with Crippen LogP contribution in [-0.2, 0) is 14.8 Å². The molecule has 0 atom stereocenters. The third kappa shape index (κ3) is 3.30. The molecule has 1 N–H and O–H groups in total. The van der Waals surface area contributed by atoms with E-state index < -0.39 is 27.0 Å². The van der Waals surface area contributed by atoms with Crippen molar-refractivity contribution in [2.45, 2.75) is 29.7 Å². The smallest absolute Gasteiger partial charge is 0.291 e. The van der Waals surface area contributed by atoms with Gasteiger partial charge in [-0.25, -0.2) is 21.9 Å². The summed E-state index contributed by atoms with van der Waals surface area (Å²) in [5.74, 6) is 0. The summed E-state index contributed by atoms with van der Waals surface area (Å²) in [5.41, 5.74) is 0.0677. The molecule has 4 heterocycles. The van der Waals surface area contributed by atoms with E-state index in [1.54, 1.807) is 12.3 Å². The summed E-state index contributed by atoms with van der Waals surface area (Å²) >= 11 is 0.687. The molecule has 10 nitrogen and oxygen atoms in total. The minimum absolute atomic E-state index is 0.0299. The number of rotatable bonds is 6. The molecule has 6 rings (SSSR count). The highest BCUT2D eigenvalue weighted by atomic mass is 32.2. The van der Waals surface area contributed by atoms with E-state index >= 15 is 0 Å². The molecule has 1 spiro atoms. The Kier molecular flexibility index (Phi) is 4.35. The lowest BCUT2D eigenvalue weighted by atomic mass is 9.77. The van der Waals surface area contributed by atoms with Crippen molar-refractivity contribution in [2.24, 2.45) is 5.41 Å². The SMILES string of the molecule is N#CC1(NS(=O)(=O)c2cc(N3CC4(COC4)C3)c3cnn(-c4nnc(C(F)F)s4)c3c2)CC1. The van der Waals surface area contributed by atoms with Gasteiger partial charge >= 0.3 is 0 Å². The Hall–Kier alpha value is -2.73. The van der Waals surface area contributed by atoms with Gasteiger partial charge in [0.05, 0.1) is 41.3 Å². The van der Waals surface area contributed by atoms with Crippen molar-refractivity contribution in [1.82, 2.24) is 24.7 Å². The maximum absolute atomic E-state index is 13.2. The average molecular weight is 494 g/mol. The number of nitrogens with zero attached hydrogens (tertiary/aromatic N) is 6. The van der Waals surface area contributed by atoms with Crippen molar-refractivity contribution in [1.29, 1.82) is 5.26 Å². The zero-order chi connectivity index (χ0) is 23.0. The molecule has 3 aromatic rings. The van der Waals surface area contributed by atoms with Crippen LogP contribution in [0.1, 0.15) is 24.3 Å². The minimum atomic E-state index is -4.02.